The molecule has 0 bridgehead atoms. The minimum Gasteiger partial charge on any atom is -0.321 e. The Morgan fingerprint density at radius 2 is 1.63 bits per heavy atom. The van der Waals surface area contributed by atoms with Crippen LogP contribution in [0.5, 0.6) is 0 Å². The number of carbonyl (C=O) groups is 1. The number of sulfonamides is 1. The molecule has 3 rings (SSSR count). The van der Waals surface area contributed by atoms with Crippen molar-refractivity contribution in [2.24, 2.45) is 0 Å². The molecule has 0 saturated carbocycles. The van der Waals surface area contributed by atoms with E-state index in [1.165, 1.54) is 34.6 Å². The number of alkyl halides is 3. The third-order valence-corrected chi connectivity index (χ3v) is 7.15. The highest BCUT2D eigenvalue weighted by Crippen LogP contribution is 2.35. The van der Waals surface area contributed by atoms with Crippen molar-refractivity contribution in [1.29, 1.82) is 0 Å². The fourth-order valence-electron chi connectivity index (χ4n) is 3.47. The van der Waals surface area contributed by atoms with E-state index in [1.54, 1.807) is 6.92 Å². The molecule has 0 aliphatic carbocycles. The van der Waals surface area contributed by atoms with Gasteiger partial charge in [-0.15, -0.1) is 0 Å². The summed E-state index contributed by atoms with van der Waals surface area (Å²) in [5.74, 6) is -0.806. The van der Waals surface area contributed by atoms with Crippen LogP contribution in [-0.4, -0.2) is 31.7 Å². The summed E-state index contributed by atoms with van der Waals surface area (Å²) in [6.07, 6.45) is -1.16. The number of nitrogens with zero attached hydrogens (tertiary/aromatic N) is 1. The fourth-order valence-corrected chi connectivity index (χ4v) is 5.24. The van der Waals surface area contributed by atoms with Gasteiger partial charge in [-0.25, -0.2) is 8.42 Å². The molecule has 30 heavy (non-hydrogen) atoms. The Morgan fingerprint density at radius 3 is 2.27 bits per heavy atom. The van der Waals surface area contributed by atoms with Crippen LogP contribution in [0.4, 0.5) is 18.9 Å². The number of rotatable bonds is 4. The van der Waals surface area contributed by atoms with Crippen molar-refractivity contribution in [2.45, 2.75) is 43.7 Å². The van der Waals surface area contributed by atoms with Gasteiger partial charge in [-0.2, -0.15) is 17.5 Å². The lowest BCUT2D eigenvalue weighted by molar-refractivity contribution is -0.136. The van der Waals surface area contributed by atoms with Crippen molar-refractivity contribution in [1.82, 2.24) is 4.31 Å². The van der Waals surface area contributed by atoms with Crippen LogP contribution in [0.15, 0.2) is 47.4 Å². The number of amides is 1. The molecule has 0 spiro atoms. The van der Waals surface area contributed by atoms with E-state index >= 15 is 0 Å². The van der Waals surface area contributed by atoms with Gasteiger partial charge in [0.1, 0.15) is 0 Å². The van der Waals surface area contributed by atoms with Crippen molar-refractivity contribution < 1.29 is 26.4 Å². The third-order valence-electron chi connectivity index (χ3n) is 5.11. The first-order valence-electron chi connectivity index (χ1n) is 9.69. The number of hydrogen-bond acceptors (Lipinski definition) is 3. The van der Waals surface area contributed by atoms with E-state index < -0.39 is 27.7 Å². The normalized spacial score (nSPS) is 16.1. The van der Waals surface area contributed by atoms with E-state index in [2.05, 4.69) is 5.32 Å². The molecular formula is C21H23F3N2O3S. The molecule has 0 aromatic heterocycles. The Bertz CT molecular complexity index is 1030. The maximum atomic E-state index is 13.2. The topological polar surface area (TPSA) is 66.5 Å². The SMILES string of the molecule is Cc1ccc(C(=O)Nc2ccccc2C(F)(F)F)cc1S(=O)(=O)N1CCCCCC1. The van der Waals surface area contributed by atoms with Crippen molar-refractivity contribution in [3.05, 3.63) is 59.2 Å². The molecule has 5 nitrogen and oxygen atoms in total. The van der Waals surface area contributed by atoms with Gasteiger partial charge in [0.05, 0.1) is 16.1 Å². The van der Waals surface area contributed by atoms with Crippen LogP contribution < -0.4 is 5.32 Å². The quantitative estimate of drug-likeness (QED) is 0.741. The lowest BCUT2D eigenvalue weighted by Crippen LogP contribution is -2.32. The molecule has 0 unspecified atom stereocenters. The molecule has 1 heterocycles. The summed E-state index contributed by atoms with van der Waals surface area (Å²) in [4.78, 5) is 12.6. The molecule has 0 radical (unpaired) electrons. The average Bonchev–Trinajstić information content (AvgIpc) is 2.98. The van der Waals surface area contributed by atoms with Gasteiger partial charge < -0.3 is 5.32 Å². The molecule has 9 heteroatoms. The van der Waals surface area contributed by atoms with Crippen LogP contribution in [0.3, 0.4) is 0 Å². The van der Waals surface area contributed by atoms with E-state index in [0.717, 1.165) is 37.8 Å². The largest absolute Gasteiger partial charge is 0.418 e. The number of benzene rings is 2. The first-order chi connectivity index (χ1) is 14.1. The van der Waals surface area contributed by atoms with Gasteiger partial charge in [-0.05, 0) is 49.6 Å². The summed E-state index contributed by atoms with van der Waals surface area (Å²) in [7, 11) is -3.80. The van der Waals surface area contributed by atoms with Crippen molar-refractivity contribution in [3.63, 3.8) is 0 Å². The second-order valence-corrected chi connectivity index (χ2v) is 9.20. The number of anilines is 1. The molecule has 1 aliphatic rings. The highest BCUT2D eigenvalue weighted by molar-refractivity contribution is 7.89. The molecule has 1 saturated heterocycles. The summed E-state index contributed by atoms with van der Waals surface area (Å²) in [6.45, 7) is 2.46. The molecule has 0 atom stereocenters. The smallest absolute Gasteiger partial charge is 0.321 e. The number of para-hydroxylation sites is 1. The summed E-state index contributed by atoms with van der Waals surface area (Å²) in [6, 6.07) is 8.79. The highest BCUT2D eigenvalue weighted by Gasteiger charge is 2.34. The molecule has 2 aromatic rings. The van der Waals surface area contributed by atoms with E-state index in [0.29, 0.717) is 18.7 Å². The molecule has 1 aliphatic heterocycles. The van der Waals surface area contributed by atoms with E-state index in [1.807, 2.05) is 0 Å². The standard InChI is InChI=1S/C21H23F3N2O3S/c1-15-10-11-16(14-19(15)30(28,29)26-12-6-2-3-7-13-26)20(27)25-18-9-5-4-8-17(18)21(22,23)24/h4-5,8-11,14H,2-3,6-7,12-13H2,1H3,(H,25,27). The van der Waals surface area contributed by atoms with Crippen molar-refractivity contribution in [3.8, 4) is 0 Å². The zero-order chi connectivity index (χ0) is 21.9. The summed E-state index contributed by atoms with van der Waals surface area (Å²) < 4.78 is 67.2. The Morgan fingerprint density at radius 1 is 1.00 bits per heavy atom. The number of hydrogen-bond donors (Lipinski definition) is 1. The van der Waals surface area contributed by atoms with Crippen LogP contribution in [0.2, 0.25) is 0 Å². The van der Waals surface area contributed by atoms with Gasteiger partial charge in [0.2, 0.25) is 10.0 Å². The number of aryl methyl sites for hydroxylation is 1. The van der Waals surface area contributed by atoms with Gasteiger partial charge >= 0.3 is 6.18 Å². The summed E-state index contributed by atoms with van der Waals surface area (Å²) in [5.41, 5.74) is -0.896. The molecular weight excluding hydrogens is 417 g/mol. The maximum absolute atomic E-state index is 13.2. The molecule has 2 aromatic carbocycles. The van der Waals surface area contributed by atoms with E-state index in [4.69, 9.17) is 0 Å². The van der Waals surface area contributed by atoms with E-state index in [9.17, 15) is 26.4 Å². The molecule has 1 amide bonds. The van der Waals surface area contributed by atoms with Gasteiger partial charge in [-0.3, -0.25) is 4.79 Å². The lowest BCUT2D eigenvalue weighted by Gasteiger charge is -2.21. The van der Waals surface area contributed by atoms with Crippen LogP contribution in [0.25, 0.3) is 0 Å². The fraction of sp³-hybridized carbons (Fsp3) is 0.381. The van der Waals surface area contributed by atoms with Crippen molar-refractivity contribution >= 4 is 21.6 Å². The minimum atomic E-state index is -4.63. The van der Waals surface area contributed by atoms with Crippen molar-refractivity contribution in [2.75, 3.05) is 18.4 Å². The Balaban J connectivity index is 1.91. The first kappa shape index (κ1) is 22.3. The lowest BCUT2D eigenvalue weighted by atomic mass is 10.1. The minimum absolute atomic E-state index is 0.00107. The third kappa shape index (κ3) is 4.84. The number of halogens is 3. The van der Waals surface area contributed by atoms with Crippen LogP contribution >= 0.6 is 0 Å². The Labute approximate surface area is 173 Å². The zero-order valence-corrected chi connectivity index (χ0v) is 17.3. The van der Waals surface area contributed by atoms with Crippen LogP contribution in [0, 0.1) is 6.92 Å². The summed E-state index contributed by atoms with van der Waals surface area (Å²) in [5, 5.41) is 2.25. The molecule has 162 valence electrons. The maximum Gasteiger partial charge on any atom is 0.418 e. The Hall–Kier alpha value is -2.39. The predicted octanol–water partition coefficient (Wildman–Crippen LogP) is 4.83. The zero-order valence-electron chi connectivity index (χ0n) is 16.5. The van der Waals surface area contributed by atoms with Gasteiger partial charge in [0.15, 0.2) is 0 Å². The highest BCUT2D eigenvalue weighted by atomic mass is 32.2. The monoisotopic (exact) mass is 440 g/mol. The van der Waals surface area contributed by atoms with Gasteiger partial charge in [0, 0.05) is 18.7 Å². The van der Waals surface area contributed by atoms with Gasteiger partial charge in [0.25, 0.3) is 5.91 Å². The number of carbonyl (C=O) groups excluding carboxylic acids is 1. The summed E-state index contributed by atoms with van der Waals surface area (Å²) >= 11 is 0. The second kappa shape index (κ2) is 8.77. The predicted molar refractivity (Wildman–Crippen MR) is 108 cm³/mol. The van der Waals surface area contributed by atoms with Crippen LogP contribution in [-0.2, 0) is 16.2 Å². The Kier molecular flexibility index (Phi) is 6.52. The average molecular weight is 440 g/mol. The molecule has 1 fully saturated rings. The van der Waals surface area contributed by atoms with Gasteiger partial charge in [-0.1, -0.05) is 31.0 Å². The van der Waals surface area contributed by atoms with Crippen LogP contribution in [0.1, 0.15) is 47.2 Å². The number of nitrogens with one attached hydrogen (secondary N) is 1. The van der Waals surface area contributed by atoms with E-state index in [-0.39, 0.29) is 16.1 Å². The molecule has 1 N–H and O–H groups in total. The second-order valence-electron chi connectivity index (χ2n) is 7.30. The first-order valence-corrected chi connectivity index (χ1v) is 11.1.